The normalized spacial score (nSPS) is 16.1. The molecule has 1 rings (SSSR count). The van der Waals surface area contributed by atoms with E-state index in [1.807, 2.05) is 39.4 Å². The van der Waals surface area contributed by atoms with Crippen LogP contribution in [0.4, 0.5) is 0 Å². The minimum absolute atomic E-state index is 0.0404. The number of carboxylic acids is 1. The minimum atomic E-state index is -0.900. The summed E-state index contributed by atoms with van der Waals surface area (Å²) in [6, 6.07) is -0.0404. The van der Waals surface area contributed by atoms with Gasteiger partial charge in [-0.15, -0.1) is 0 Å². The van der Waals surface area contributed by atoms with Crippen LogP contribution >= 0.6 is 0 Å². The lowest BCUT2D eigenvalue weighted by atomic mass is 9.93. The Balaban J connectivity index is 3.00. The third kappa shape index (κ3) is 3.15. The molecule has 0 saturated carbocycles. The predicted molar refractivity (Wildman–Crippen MR) is 75.2 cm³/mol. The first-order chi connectivity index (χ1) is 8.73. The molecule has 0 aliphatic heterocycles. The number of aromatic nitrogens is 2. The summed E-state index contributed by atoms with van der Waals surface area (Å²) < 4.78 is 1.83. The van der Waals surface area contributed by atoms with Gasteiger partial charge >= 0.3 is 5.97 Å². The average Bonchev–Trinajstić information content (AvgIpc) is 2.52. The molecule has 2 N–H and O–H groups in total. The van der Waals surface area contributed by atoms with Crippen LogP contribution in [0.1, 0.15) is 56.6 Å². The molecular weight excluding hydrogens is 242 g/mol. The quantitative estimate of drug-likeness (QED) is 0.830. The SMILES string of the molecule is CCCC(C)(NC(C)c1c(C)nn(C)c1C)C(=O)O. The largest absolute Gasteiger partial charge is 0.480 e. The van der Waals surface area contributed by atoms with E-state index in [2.05, 4.69) is 10.4 Å². The smallest absolute Gasteiger partial charge is 0.323 e. The molecule has 1 heterocycles. The van der Waals surface area contributed by atoms with Gasteiger partial charge in [0.25, 0.3) is 0 Å². The summed E-state index contributed by atoms with van der Waals surface area (Å²) in [7, 11) is 1.90. The number of aryl methyl sites for hydroxylation is 2. The molecule has 0 saturated heterocycles. The number of hydrogen-bond acceptors (Lipinski definition) is 3. The van der Waals surface area contributed by atoms with Gasteiger partial charge in [0.2, 0.25) is 0 Å². The Morgan fingerprint density at radius 2 is 2.11 bits per heavy atom. The first-order valence-corrected chi connectivity index (χ1v) is 6.74. The third-order valence-corrected chi connectivity index (χ3v) is 3.76. The topological polar surface area (TPSA) is 67.2 Å². The van der Waals surface area contributed by atoms with E-state index in [4.69, 9.17) is 0 Å². The van der Waals surface area contributed by atoms with Gasteiger partial charge in [-0.1, -0.05) is 13.3 Å². The van der Waals surface area contributed by atoms with Crippen LogP contribution in [0.25, 0.3) is 0 Å². The van der Waals surface area contributed by atoms with Crippen molar-refractivity contribution >= 4 is 5.97 Å². The molecule has 0 aliphatic rings. The number of nitrogens with one attached hydrogen (secondary N) is 1. The molecule has 1 aromatic heterocycles. The van der Waals surface area contributed by atoms with Gasteiger partial charge in [0.05, 0.1) is 5.69 Å². The summed E-state index contributed by atoms with van der Waals surface area (Å²) in [6.45, 7) is 9.70. The molecule has 0 spiro atoms. The number of carbonyl (C=O) groups is 1. The van der Waals surface area contributed by atoms with E-state index in [1.54, 1.807) is 6.92 Å². The molecule has 0 amide bonds. The molecule has 19 heavy (non-hydrogen) atoms. The summed E-state index contributed by atoms with van der Waals surface area (Å²) in [4.78, 5) is 11.5. The molecule has 108 valence electrons. The van der Waals surface area contributed by atoms with E-state index in [0.717, 1.165) is 23.4 Å². The minimum Gasteiger partial charge on any atom is -0.480 e. The Morgan fingerprint density at radius 3 is 2.47 bits per heavy atom. The van der Waals surface area contributed by atoms with Crippen LogP contribution in [-0.2, 0) is 11.8 Å². The van der Waals surface area contributed by atoms with Crippen LogP contribution in [-0.4, -0.2) is 26.4 Å². The zero-order chi connectivity index (χ0) is 14.8. The highest BCUT2D eigenvalue weighted by molar-refractivity contribution is 5.78. The van der Waals surface area contributed by atoms with Crippen molar-refractivity contribution < 1.29 is 9.90 Å². The van der Waals surface area contributed by atoms with Gasteiger partial charge in [-0.05, 0) is 34.1 Å². The van der Waals surface area contributed by atoms with Gasteiger partial charge < -0.3 is 5.11 Å². The number of rotatable bonds is 6. The van der Waals surface area contributed by atoms with E-state index < -0.39 is 11.5 Å². The molecule has 1 aromatic rings. The Morgan fingerprint density at radius 1 is 1.53 bits per heavy atom. The van der Waals surface area contributed by atoms with E-state index in [9.17, 15) is 9.90 Å². The van der Waals surface area contributed by atoms with Crippen LogP contribution in [0.3, 0.4) is 0 Å². The first kappa shape index (κ1) is 15.7. The van der Waals surface area contributed by atoms with Crippen molar-refractivity contribution in [1.29, 1.82) is 0 Å². The second-order valence-electron chi connectivity index (χ2n) is 5.46. The summed E-state index contributed by atoms with van der Waals surface area (Å²) in [6.07, 6.45) is 1.43. The fourth-order valence-electron chi connectivity index (χ4n) is 2.71. The zero-order valence-electron chi connectivity index (χ0n) is 12.7. The lowest BCUT2D eigenvalue weighted by Gasteiger charge is -2.30. The number of aliphatic carboxylic acids is 1. The fraction of sp³-hybridized carbons (Fsp3) is 0.714. The second kappa shape index (κ2) is 5.74. The van der Waals surface area contributed by atoms with Crippen molar-refractivity contribution in [2.75, 3.05) is 0 Å². The molecule has 0 aliphatic carbocycles. The van der Waals surface area contributed by atoms with Crippen molar-refractivity contribution in [2.24, 2.45) is 7.05 Å². The highest BCUT2D eigenvalue weighted by Gasteiger charge is 2.34. The second-order valence-corrected chi connectivity index (χ2v) is 5.46. The van der Waals surface area contributed by atoms with Crippen molar-refractivity contribution in [3.63, 3.8) is 0 Å². The Kier molecular flexibility index (Phi) is 4.74. The Hall–Kier alpha value is -1.36. The third-order valence-electron chi connectivity index (χ3n) is 3.76. The van der Waals surface area contributed by atoms with Gasteiger partial charge in [0.15, 0.2) is 0 Å². The van der Waals surface area contributed by atoms with Crippen molar-refractivity contribution in [1.82, 2.24) is 15.1 Å². The van der Waals surface area contributed by atoms with Crippen molar-refractivity contribution in [3.05, 3.63) is 17.0 Å². The molecule has 2 atom stereocenters. The van der Waals surface area contributed by atoms with Crippen LogP contribution < -0.4 is 5.32 Å². The van der Waals surface area contributed by atoms with Gasteiger partial charge in [-0.2, -0.15) is 5.10 Å². The molecule has 0 aromatic carbocycles. The molecule has 0 bridgehead atoms. The van der Waals surface area contributed by atoms with Crippen molar-refractivity contribution in [2.45, 2.75) is 59.0 Å². The molecule has 0 fully saturated rings. The molecular formula is C14H25N3O2. The van der Waals surface area contributed by atoms with Crippen LogP contribution in [0.2, 0.25) is 0 Å². The van der Waals surface area contributed by atoms with E-state index >= 15 is 0 Å². The lowest BCUT2D eigenvalue weighted by molar-refractivity contribution is -0.144. The Labute approximate surface area is 115 Å². The molecule has 5 nitrogen and oxygen atoms in total. The summed E-state index contributed by atoms with van der Waals surface area (Å²) in [5, 5.41) is 17.1. The number of carboxylic acid groups (broad SMARTS) is 1. The van der Waals surface area contributed by atoms with Gasteiger partial charge in [-0.25, -0.2) is 0 Å². The maximum absolute atomic E-state index is 11.5. The maximum Gasteiger partial charge on any atom is 0.323 e. The van der Waals surface area contributed by atoms with Crippen LogP contribution in [0.15, 0.2) is 0 Å². The van der Waals surface area contributed by atoms with Gasteiger partial charge in [0.1, 0.15) is 5.54 Å². The maximum atomic E-state index is 11.5. The summed E-state index contributed by atoms with van der Waals surface area (Å²) in [5.74, 6) is -0.805. The van der Waals surface area contributed by atoms with E-state index in [1.165, 1.54) is 0 Å². The highest BCUT2D eigenvalue weighted by atomic mass is 16.4. The van der Waals surface area contributed by atoms with Crippen LogP contribution in [0.5, 0.6) is 0 Å². The predicted octanol–water partition coefficient (Wildman–Crippen LogP) is 2.33. The van der Waals surface area contributed by atoms with Crippen molar-refractivity contribution in [3.8, 4) is 0 Å². The lowest BCUT2D eigenvalue weighted by Crippen LogP contribution is -2.50. The molecule has 2 unspecified atom stereocenters. The standard InChI is InChI=1S/C14H25N3O2/c1-7-8-14(5,13(18)19)15-9(2)12-10(3)16-17(6)11(12)4/h9,15H,7-8H2,1-6H3,(H,18,19). The summed E-state index contributed by atoms with van der Waals surface area (Å²) >= 11 is 0. The number of nitrogens with zero attached hydrogens (tertiary/aromatic N) is 2. The van der Waals surface area contributed by atoms with E-state index in [-0.39, 0.29) is 6.04 Å². The molecule has 5 heteroatoms. The first-order valence-electron chi connectivity index (χ1n) is 6.74. The highest BCUT2D eigenvalue weighted by Crippen LogP contribution is 2.25. The number of hydrogen-bond donors (Lipinski definition) is 2. The van der Waals surface area contributed by atoms with E-state index in [0.29, 0.717) is 6.42 Å². The van der Waals surface area contributed by atoms with Crippen LogP contribution in [0, 0.1) is 13.8 Å². The monoisotopic (exact) mass is 267 g/mol. The Bertz CT molecular complexity index is 468. The van der Waals surface area contributed by atoms with Gasteiger partial charge in [-0.3, -0.25) is 14.8 Å². The zero-order valence-corrected chi connectivity index (χ0v) is 12.7. The molecule has 0 radical (unpaired) electrons. The average molecular weight is 267 g/mol. The van der Waals surface area contributed by atoms with Gasteiger partial charge in [0, 0.05) is 24.3 Å². The summed E-state index contributed by atoms with van der Waals surface area (Å²) in [5.41, 5.74) is 2.21. The fourth-order valence-corrected chi connectivity index (χ4v) is 2.71.